The Bertz CT molecular complexity index is 1010. The molecular weight excluding hydrogens is 566 g/mol. The molecule has 0 saturated carbocycles. The van der Waals surface area contributed by atoms with Gasteiger partial charge in [-0.2, -0.15) is 0 Å². The van der Waals surface area contributed by atoms with Crippen LogP contribution in [0.1, 0.15) is 10.4 Å². The van der Waals surface area contributed by atoms with E-state index in [4.69, 9.17) is 35.2 Å². The van der Waals surface area contributed by atoms with Crippen molar-refractivity contribution in [3.8, 4) is 0 Å². The number of nitrogens with two attached hydrogens (primary N) is 2. The zero-order valence-corrected chi connectivity index (χ0v) is 22.4. The Morgan fingerprint density at radius 3 is 1.88 bits per heavy atom. The summed E-state index contributed by atoms with van der Waals surface area (Å²) in [6, 6.07) is 3.74. The number of nitrogens with one attached hydrogen (secondary N) is 1. The summed E-state index contributed by atoms with van der Waals surface area (Å²) in [5.74, 6) is -0.672. The van der Waals surface area contributed by atoms with Gasteiger partial charge in [-0.1, -0.05) is 18.2 Å². The first-order valence-electron chi connectivity index (χ1n) is 13.4. The number of amides is 1. The molecule has 13 N–H and O–H groups in total. The lowest BCUT2D eigenvalue weighted by molar-refractivity contribution is -0.349. The maximum atomic E-state index is 13.1. The van der Waals surface area contributed by atoms with Gasteiger partial charge in [-0.25, -0.2) is 0 Å². The van der Waals surface area contributed by atoms with E-state index in [0.717, 1.165) is 0 Å². The second kappa shape index (κ2) is 14.2. The summed E-state index contributed by atoms with van der Waals surface area (Å²) < 4.78 is 28.3. The Labute approximate surface area is 240 Å². The molecule has 17 nitrogen and oxygen atoms in total. The number of carbonyl (C=O) groups excluding carboxylic acids is 1. The van der Waals surface area contributed by atoms with E-state index in [1.54, 1.807) is 18.2 Å². The van der Waals surface area contributed by atoms with Gasteiger partial charge in [-0.15, -0.1) is 0 Å². The monoisotopic (exact) mass is 605 g/mol. The second-order valence-electron chi connectivity index (χ2n) is 10.4. The van der Waals surface area contributed by atoms with E-state index in [0.29, 0.717) is 0 Å². The average molecular weight is 606 g/mol. The molecule has 4 rings (SSSR count). The Kier molecular flexibility index (Phi) is 11.2. The van der Waals surface area contributed by atoms with Crippen LogP contribution >= 0.6 is 0 Å². The van der Waals surface area contributed by atoms with Crippen LogP contribution in [0.3, 0.4) is 0 Å². The maximum absolute atomic E-state index is 13.1. The fourth-order valence-corrected chi connectivity index (χ4v) is 5.13. The van der Waals surface area contributed by atoms with E-state index in [9.17, 15) is 45.6 Å². The van der Waals surface area contributed by atoms with Crippen molar-refractivity contribution >= 4 is 5.91 Å². The van der Waals surface area contributed by atoms with Crippen LogP contribution < -0.4 is 16.8 Å². The Hall–Kier alpha value is -1.91. The Balaban J connectivity index is 1.62. The molecule has 3 fully saturated rings. The van der Waals surface area contributed by atoms with Crippen LogP contribution in [0.4, 0.5) is 0 Å². The Morgan fingerprint density at radius 1 is 0.714 bits per heavy atom. The summed E-state index contributed by atoms with van der Waals surface area (Å²) in [5.41, 5.74) is 12.0. The highest BCUT2D eigenvalue weighted by molar-refractivity contribution is 5.94. The summed E-state index contributed by atoms with van der Waals surface area (Å²) >= 11 is 0. The van der Waals surface area contributed by atoms with Crippen LogP contribution in [0.2, 0.25) is 0 Å². The smallest absolute Gasteiger partial charge is 0.251 e. The van der Waals surface area contributed by atoms with Gasteiger partial charge in [0, 0.05) is 5.56 Å². The molecule has 17 heteroatoms. The standard InChI is InChI=1S/C25H39N3O14/c26-13-18(34)20(11(7-30)38-23(13)37)42-25-15(28-22(36)9-4-2-1-3-5-9)19(35)21(12(8-31)40-25)41-24-14(27)17(33)16(32)10(6-29)39-24/h1-5,10-21,23-25,29-35,37H,6-8,26-27H2,(H,28,36)/t10-,11-,12-,13-,14-,15-,16-,17-,18-,19-,20-,21-,23-,24+,25+/m1/s1. The number of benzene rings is 1. The third kappa shape index (κ3) is 6.75. The minimum atomic E-state index is -1.73. The molecule has 3 saturated heterocycles. The third-order valence-electron chi connectivity index (χ3n) is 7.62. The maximum Gasteiger partial charge on any atom is 0.251 e. The van der Waals surface area contributed by atoms with Gasteiger partial charge in [0.15, 0.2) is 18.9 Å². The molecule has 42 heavy (non-hydrogen) atoms. The fourth-order valence-electron chi connectivity index (χ4n) is 5.13. The van der Waals surface area contributed by atoms with Crippen LogP contribution in [-0.2, 0) is 23.7 Å². The van der Waals surface area contributed by atoms with Crippen LogP contribution in [0.25, 0.3) is 0 Å². The predicted molar refractivity (Wildman–Crippen MR) is 137 cm³/mol. The topological polar surface area (TPSA) is 289 Å². The number of hydrogen-bond acceptors (Lipinski definition) is 16. The van der Waals surface area contributed by atoms with Gasteiger partial charge in [0.25, 0.3) is 5.91 Å². The van der Waals surface area contributed by atoms with Gasteiger partial charge in [0.1, 0.15) is 61.0 Å². The van der Waals surface area contributed by atoms with Crippen LogP contribution in [-0.4, -0.2) is 159 Å². The summed E-state index contributed by atoms with van der Waals surface area (Å²) in [4.78, 5) is 13.1. The van der Waals surface area contributed by atoms with E-state index >= 15 is 0 Å². The molecule has 0 aliphatic carbocycles. The molecule has 0 unspecified atom stereocenters. The molecular formula is C25H39N3O14. The third-order valence-corrected chi connectivity index (χ3v) is 7.62. The van der Waals surface area contributed by atoms with Gasteiger partial charge in [-0.3, -0.25) is 4.79 Å². The fraction of sp³-hybridized carbons (Fsp3) is 0.720. The second-order valence-corrected chi connectivity index (χ2v) is 10.4. The van der Waals surface area contributed by atoms with Crippen molar-refractivity contribution in [1.82, 2.24) is 5.32 Å². The molecule has 0 spiro atoms. The number of aliphatic hydroxyl groups is 8. The zero-order chi connectivity index (χ0) is 30.7. The summed E-state index contributed by atoms with van der Waals surface area (Å²) in [6.45, 7) is -2.19. The van der Waals surface area contributed by atoms with E-state index in [-0.39, 0.29) is 5.56 Å². The molecule has 15 atom stereocenters. The largest absolute Gasteiger partial charge is 0.394 e. The summed E-state index contributed by atoms with van der Waals surface area (Å²) in [7, 11) is 0. The molecule has 3 aliphatic rings. The highest BCUT2D eigenvalue weighted by Crippen LogP contribution is 2.32. The van der Waals surface area contributed by atoms with E-state index in [2.05, 4.69) is 5.32 Å². The van der Waals surface area contributed by atoms with Crippen LogP contribution in [0.15, 0.2) is 30.3 Å². The lowest BCUT2D eigenvalue weighted by Crippen LogP contribution is -2.70. The molecule has 1 aromatic rings. The molecule has 0 radical (unpaired) electrons. The normalized spacial score (nSPS) is 44.5. The zero-order valence-electron chi connectivity index (χ0n) is 22.4. The van der Waals surface area contributed by atoms with Gasteiger partial charge in [-0.05, 0) is 12.1 Å². The van der Waals surface area contributed by atoms with Gasteiger partial charge in [0.05, 0.1) is 31.9 Å². The highest BCUT2D eigenvalue weighted by atomic mass is 16.7. The minimum Gasteiger partial charge on any atom is -0.394 e. The number of ether oxygens (including phenoxy) is 5. The van der Waals surface area contributed by atoms with Crippen molar-refractivity contribution in [2.45, 2.75) is 91.9 Å². The minimum absolute atomic E-state index is 0.199. The first-order valence-corrected chi connectivity index (χ1v) is 13.4. The number of rotatable bonds is 9. The lowest BCUT2D eigenvalue weighted by Gasteiger charge is -2.49. The first-order chi connectivity index (χ1) is 20.0. The SMILES string of the molecule is N[C@@H]1[C@@H](O)[C@H](O[C@@H]2O[C@H](CO)[C@@H](O[C@@H]3O[C@H](CO)[C@@H](O)[C@H](O)[C@H]3N)[C@H](O)[C@H]2NC(=O)c2ccccc2)[C@@H](CO)O[C@H]1O. The quantitative estimate of drug-likeness (QED) is 0.125. The molecule has 3 heterocycles. The molecule has 238 valence electrons. The predicted octanol–water partition coefficient (Wildman–Crippen LogP) is -6.20. The molecule has 3 aliphatic heterocycles. The molecule has 0 aromatic heterocycles. The first kappa shape index (κ1) is 33.0. The Morgan fingerprint density at radius 2 is 1.26 bits per heavy atom. The van der Waals surface area contributed by atoms with E-state index in [1.165, 1.54) is 12.1 Å². The molecule has 1 amide bonds. The van der Waals surface area contributed by atoms with Gasteiger partial charge in [0.2, 0.25) is 0 Å². The van der Waals surface area contributed by atoms with Crippen molar-refractivity contribution in [2.24, 2.45) is 11.5 Å². The number of carbonyl (C=O) groups is 1. The number of hydrogen-bond donors (Lipinski definition) is 11. The van der Waals surface area contributed by atoms with E-state index in [1.807, 2.05) is 0 Å². The van der Waals surface area contributed by atoms with E-state index < -0.39 is 118 Å². The van der Waals surface area contributed by atoms with Crippen LogP contribution in [0, 0.1) is 0 Å². The lowest BCUT2D eigenvalue weighted by atomic mass is 9.94. The van der Waals surface area contributed by atoms with Gasteiger partial charge >= 0.3 is 0 Å². The van der Waals surface area contributed by atoms with Crippen molar-refractivity contribution in [2.75, 3.05) is 19.8 Å². The number of aliphatic hydroxyl groups excluding tert-OH is 8. The van der Waals surface area contributed by atoms with Crippen molar-refractivity contribution < 1.29 is 69.3 Å². The summed E-state index contributed by atoms with van der Waals surface area (Å²) in [6.07, 6.45) is -18.0. The van der Waals surface area contributed by atoms with Gasteiger partial charge < -0.3 is 81.3 Å². The average Bonchev–Trinajstić information content (AvgIpc) is 3.00. The molecule has 0 bridgehead atoms. The highest BCUT2D eigenvalue weighted by Gasteiger charge is 2.53. The van der Waals surface area contributed by atoms with Crippen molar-refractivity contribution in [3.63, 3.8) is 0 Å². The van der Waals surface area contributed by atoms with Crippen LogP contribution in [0.5, 0.6) is 0 Å². The molecule has 1 aromatic carbocycles. The van der Waals surface area contributed by atoms with Crippen molar-refractivity contribution in [1.29, 1.82) is 0 Å². The summed E-state index contributed by atoms with van der Waals surface area (Å²) in [5, 5.41) is 84.6. The van der Waals surface area contributed by atoms with Crippen molar-refractivity contribution in [3.05, 3.63) is 35.9 Å².